The lowest BCUT2D eigenvalue weighted by Crippen LogP contribution is -2.50. The molecule has 1 aromatic carbocycles. The molecule has 6 nitrogen and oxygen atoms in total. The minimum absolute atomic E-state index is 0.0254. The van der Waals surface area contributed by atoms with E-state index in [4.69, 9.17) is 9.47 Å². The smallest absolute Gasteiger partial charge is 0.409 e. The summed E-state index contributed by atoms with van der Waals surface area (Å²) in [6.45, 7) is 3.11. The van der Waals surface area contributed by atoms with Gasteiger partial charge in [0, 0.05) is 24.2 Å². The number of aromatic nitrogens is 1. The molecule has 1 amide bonds. The molecule has 0 radical (unpaired) electrons. The third-order valence-corrected chi connectivity index (χ3v) is 7.17. The van der Waals surface area contributed by atoms with Crippen LogP contribution >= 0.6 is 0 Å². The van der Waals surface area contributed by atoms with Gasteiger partial charge in [-0.15, -0.1) is 0 Å². The van der Waals surface area contributed by atoms with Crippen LogP contribution in [0.3, 0.4) is 0 Å². The molecule has 1 aliphatic carbocycles. The van der Waals surface area contributed by atoms with Crippen molar-refractivity contribution >= 4 is 6.09 Å². The normalized spacial score (nSPS) is 26.0. The number of amides is 1. The molecule has 1 aliphatic heterocycles. The highest BCUT2D eigenvalue weighted by Gasteiger charge is 2.38. The molecule has 32 heavy (non-hydrogen) atoms. The summed E-state index contributed by atoms with van der Waals surface area (Å²) in [7, 11) is 1.42. The van der Waals surface area contributed by atoms with Crippen LogP contribution < -0.4 is 5.56 Å². The SMILES string of the molecule is COC(=O)N1CCCC(c2[nH]c(=O)ccc2C)[C@@H]1COC1CCC(c2ccccc2)CC1. The highest BCUT2D eigenvalue weighted by molar-refractivity contribution is 5.68. The number of carbonyl (C=O) groups excluding carboxylic acids is 1. The number of benzene rings is 1. The first-order valence-electron chi connectivity index (χ1n) is 11.8. The molecule has 6 heteroatoms. The van der Waals surface area contributed by atoms with Crippen molar-refractivity contribution in [2.24, 2.45) is 0 Å². The summed E-state index contributed by atoms with van der Waals surface area (Å²) in [6, 6.07) is 14.0. The number of hydrogen-bond donors (Lipinski definition) is 1. The van der Waals surface area contributed by atoms with Crippen molar-refractivity contribution in [1.29, 1.82) is 0 Å². The number of hydrogen-bond acceptors (Lipinski definition) is 4. The zero-order chi connectivity index (χ0) is 22.5. The minimum Gasteiger partial charge on any atom is -0.453 e. The van der Waals surface area contributed by atoms with Gasteiger partial charge in [-0.05, 0) is 62.5 Å². The van der Waals surface area contributed by atoms with Gasteiger partial charge < -0.3 is 19.4 Å². The van der Waals surface area contributed by atoms with Crippen LogP contribution in [-0.2, 0) is 9.47 Å². The third kappa shape index (κ3) is 5.07. The zero-order valence-electron chi connectivity index (χ0n) is 19.1. The fourth-order valence-corrected chi connectivity index (χ4v) is 5.42. The van der Waals surface area contributed by atoms with E-state index in [0.29, 0.717) is 19.1 Å². The van der Waals surface area contributed by atoms with Crippen LogP contribution in [0.15, 0.2) is 47.3 Å². The maximum absolute atomic E-state index is 12.5. The van der Waals surface area contributed by atoms with Gasteiger partial charge in [0.2, 0.25) is 5.56 Å². The largest absolute Gasteiger partial charge is 0.453 e. The van der Waals surface area contributed by atoms with Crippen molar-refractivity contribution in [3.8, 4) is 0 Å². The average Bonchev–Trinajstić information content (AvgIpc) is 2.84. The van der Waals surface area contributed by atoms with E-state index in [2.05, 4.69) is 35.3 Å². The topological polar surface area (TPSA) is 71.6 Å². The molecule has 1 aromatic heterocycles. The van der Waals surface area contributed by atoms with Gasteiger partial charge in [-0.3, -0.25) is 4.79 Å². The summed E-state index contributed by atoms with van der Waals surface area (Å²) in [5.41, 5.74) is 3.25. The van der Waals surface area contributed by atoms with Crippen LogP contribution in [0.1, 0.15) is 67.2 Å². The van der Waals surface area contributed by atoms with E-state index in [0.717, 1.165) is 49.8 Å². The molecule has 172 valence electrons. The number of H-pyrrole nitrogens is 1. The Morgan fingerprint density at radius 1 is 1.06 bits per heavy atom. The van der Waals surface area contributed by atoms with Crippen LogP contribution in [0.4, 0.5) is 4.79 Å². The van der Waals surface area contributed by atoms with Gasteiger partial charge in [-0.2, -0.15) is 0 Å². The Hall–Kier alpha value is -2.60. The summed E-state index contributed by atoms with van der Waals surface area (Å²) in [4.78, 5) is 29.4. The van der Waals surface area contributed by atoms with Gasteiger partial charge in [0.15, 0.2) is 0 Å². The summed E-state index contributed by atoms with van der Waals surface area (Å²) in [5.74, 6) is 0.625. The number of likely N-dealkylation sites (tertiary alicyclic amines) is 1. The zero-order valence-corrected chi connectivity index (χ0v) is 19.1. The number of methoxy groups -OCH3 is 1. The Balaban J connectivity index is 1.45. The molecule has 0 bridgehead atoms. The number of pyridine rings is 1. The number of ether oxygens (including phenoxy) is 2. The van der Waals surface area contributed by atoms with Gasteiger partial charge in [-0.1, -0.05) is 36.4 Å². The first-order chi connectivity index (χ1) is 15.6. The van der Waals surface area contributed by atoms with Crippen molar-refractivity contribution in [1.82, 2.24) is 9.88 Å². The predicted octanol–water partition coefficient (Wildman–Crippen LogP) is 4.74. The molecule has 2 aliphatic rings. The summed E-state index contributed by atoms with van der Waals surface area (Å²) < 4.78 is 11.5. The van der Waals surface area contributed by atoms with Crippen molar-refractivity contribution in [3.05, 3.63) is 69.6 Å². The van der Waals surface area contributed by atoms with Crippen LogP contribution in [0.25, 0.3) is 0 Å². The van der Waals surface area contributed by atoms with Crippen molar-refractivity contribution in [3.63, 3.8) is 0 Å². The fourth-order valence-electron chi connectivity index (χ4n) is 5.42. The standard InChI is InChI=1S/C26H34N2O4/c1-18-10-15-24(29)27-25(18)22-9-6-16-28(26(30)31-2)23(22)17-32-21-13-11-20(12-14-21)19-7-4-3-5-8-19/h3-5,7-8,10,15,20-23H,6,9,11-14,16-17H2,1-2H3,(H,27,29)/t20?,21?,22?,23-/m0/s1. The highest BCUT2D eigenvalue weighted by Crippen LogP contribution is 2.36. The van der Waals surface area contributed by atoms with E-state index < -0.39 is 0 Å². The monoisotopic (exact) mass is 438 g/mol. The number of aromatic amines is 1. The first kappa shape index (κ1) is 22.6. The number of nitrogens with zero attached hydrogens (tertiary/aromatic N) is 1. The number of piperidine rings is 1. The lowest BCUT2D eigenvalue weighted by Gasteiger charge is -2.41. The number of rotatable bonds is 5. The molecule has 1 unspecified atom stereocenters. The molecule has 1 saturated heterocycles. The molecule has 2 aromatic rings. The quantitative estimate of drug-likeness (QED) is 0.732. The molecule has 4 rings (SSSR count). The van der Waals surface area contributed by atoms with Gasteiger partial charge in [-0.25, -0.2) is 4.79 Å². The van der Waals surface area contributed by atoms with Crippen molar-refractivity contribution < 1.29 is 14.3 Å². The van der Waals surface area contributed by atoms with Gasteiger partial charge in [0.1, 0.15) is 0 Å². The number of aryl methyl sites for hydroxylation is 1. The molecule has 1 N–H and O–H groups in total. The van der Waals surface area contributed by atoms with E-state index >= 15 is 0 Å². The van der Waals surface area contributed by atoms with Gasteiger partial charge in [0.25, 0.3) is 0 Å². The fraction of sp³-hybridized carbons (Fsp3) is 0.538. The molecular formula is C26H34N2O4. The number of carbonyl (C=O) groups is 1. The molecule has 1 saturated carbocycles. The van der Waals surface area contributed by atoms with Crippen LogP contribution in [-0.4, -0.2) is 48.4 Å². The Morgan fingerprint density at radius 3 is 2.53 bits per heavy atom. The van der Waals surface area contributed by atoms with E-state index in [9.17, 15) is 9.59 Å². The first-order valence-corrected chi connectivity index (χ1v) is 11.8. The molecule has 2 atom stereocenters. The Kier molecular flexibility index (Phi) is 7.30. The molecule has 0 spiro atoms. The van der Waals surface area contributed by atoms with E-state index in [1.807, 2.05) is 13.0 Å². The Labute approximate surface area is 189 Å². The van der Waals surface area contributed by atoms with Crippen LogP contribution in [0.2, 0.25) is 0 Å². The molecule has 2 heterocycles. The van der Waals surface area contributed by atoms with E-state index in [-0.39, 0.29) is 29.7 Å². The van der Waals surface area contributed by atoms with Crippen LogP contribution in [0, 0.1) is 6.92 Å². The second-order valence-corrected chi connectivity index (χ2v) is 9.12. The Bertz CT molecular complexity index is 950. The lowest BCUT2D eigenvalue weighted by molar-refractivity contribution is -0.0243. The third-order valence-electron chi connectivity index (χ3n) is 7.17. The van der Waals surface area contributed by atoms with E-state index in [1.54, 1.807) is 11.0 Å². The van der Waals surface area contributed by atoms with Gasteiger partial charge in [0.05, 0.1) is 25.9 Å². The van der Waals surface area contributed by atoms with Gasteiger partial charge >= 0.3 is 6.09 Å². The average molecular weight is 439 g/mol. The minimum atomic E-state index is -0.327. The van der Waals surface area contributed by atoms with Crippen molar-refractivity contribution in [2.45, 2.75) is 69.4 Å². The molecule has 2 fully saturated rings. The second-order valence-electron chi connectivity index (χ2n) is 9.12. The summed E-state index contributed by atoms with van der Waals surface area (Å²) in [5, 5.41) is 0. The Morgan fingerprint density at radius 2 is 1.81 bits per heavy atom. The lowest BCUT2D eigenvalue weighted by atomic mass is 9.82. The predicted molar refractivity (Wildman–Crippen MR) is 124 cm³/mol. The van der Waals surface area contributed by atoms with E-state index in [1.165, 1.54) is 12.7 Å². The van der Waals surface area contributed by atoms with Crippen LogP contribution in [0.5, 0.6) is 0 Å². The summed E-state index contributed by atoms with van der Waals surface area (Å²) >= 11 is 0. The van der Waals surface area contributed by atoms with Crippen molar-refractivity contribution in [2.75, 3.05) is 20.3 Å². The summed E-state index contributed by atoms with van der Waals surface area (Å²) in [6.07, 6.45) is 5.94. The maximum Gasteiger partial charge on any atom is 0.409 e. The highest BCUT2D eigenvalue weighted by atomic mass is 16.5. The maximum atomic E-state index is 12.5. The molecular weight excluding hydrogens is 404 g/mol. The second kappa shape index (κ2) is 10.3. The number of nitrogens with one attached hydrogen (secondary N) is 1.